The number of nitrogens with one attached hydrogen (secondary N) is 1. The third kappa shape index (κ3) is 5.14. The standard InChI is InChI=1S/C12H22N4O3S/c1-9(7-19-3)16(4-5-18-2)6-10-8-20-12(14-10)11(17)15-13/h8-9H,4-7,13H2,1-3H3,(H,15,17). The number of rotatable bonds is 9. The van der Waals surface area contributed by atoms with Crippen LogP contribution in [0.5, 0.6) is 0 Å². The van der Waals surface area contributed by atoms with Gasteiger partial charge in [0.25, 0.3) is 5.91 Å². The second-order valence-corrected chi connectivity index (χ2v) is 5.24. The molecule has 0 saturated carbocycles. The molecule has 0 fully saturated rings. The molecule has 0 aliphatic carbocycles. The number of thiazole rings is 1. The molecule has 0 radical (unpaired) electrons. The van der Waals surface area contributed by atoms with Crippen molar-refractivity contribution in [3.05, 3.63) is 16.1 Å². The number of hydrogen-bond donors (Lipinski definition) is 2. The quantitative estimate of drug-likeness (QED) is 0.385. The van der Waals surface area contributed by atoms with Crippen molar-refractivity contribution in [2.75, 3.05) is 34.0 Å². The summed E-state index contributed by atoms with van der Waals surface area (Å²) in [5, 5.41) is 2.23. The van der Waals surface area contributed by atoms with E-state index in [-0.39, 0.29) is 11.9 Å². The predicted octanol–water partition coefficient (Wildman–Crippen LogP) is 0.230. The van der Waals surface area contributed by atoms with Crippen LogP contribution in [-0.2, 0) is 16.0 Å². The molecular weight excluding hydrogens is 280 g/mol. The number of ether oxygens (including phenoxy) is 2. The number of nitrogens with zero attached hydrogens (tertiary/aromatic N) is 2. The van der Waals surface area contributed by atoms with Crippen molar-refractivity contribution in [1.29, 1.82) is 0 Å². The minimum absolute atomic E-state index is 0.239. The van der Waals surface area contributed by atoms with Gasteiger partial charge >= 0.3 is 0 Å². The maximum atomic E-state index is 11.4. The fraction of sp³-hybridized carbons (Fsp3) is 0.667. The Morgan fingerprint density at radius 2 is 2.30 bits per heavy atom. The lowest BCUT2D eigenvalue weighted by atomic mass is 10.2. The number of aromatic nitrogens is 1. The molecule has 114 valence electrons. The van der Waals surface area contributed by atoms with Gasteiger partial charge in [-0.05, 0) is 6.92 Å². The Kier molecular flexibility index (Phi) is 7.63. The molecule has 7 nitrogen and oxygen atoms in total. The van der Waals surface area contributed by atoms with Gasteiger partial charge in [-0.1, -0.05) is 0 Å². The van der Waals surface area contributed by atoms with Gasteiger partial charge in [-0.15, -0.1) is 11.3 Å². The van der Waals surface area contributed by atoms with Crippen LogP contribution in [0.25, 0.3) is 0 Å². The number of amides is 1. The van der Waals surface area contributed by atoms with Crippen LogP contribution in [0.2, 0.25) is 0 Å². The Bertz CT molecular complexity index is 413. The third-order valence-corrected chi connectivity index (χ3v) is 3.75. The van der Waals surface area contributed by atoms with Gasteiger partial charge in [-0.3, -0.25) is 15.1 Å². The smallest absolute Gasteiger partial charge is 0.294 e. The summed E-state index contributed by atoms with van der Waals surface area (Å²) in [6, 6.07) is 0.239. The van der Waals surface area contributed by atoms with Gasteiger partial charge in [-0.25, -0.2) is 10.8 Å². The lowest BCUT2D eigenvalue weighted by molar-refractivity contribution is 0.0698. The molecule has 0 spiro atoms. The summed E-state index contributed by atoms with van der Waals surface area (Å²) in [6.45, 7) is 4.76. The van der Waals surface area contributed by atoms with Crippen LogP contribution in [0.15, 0.2) is 5.38 Å². The van der Waals surface area contributed by atoms with Crippen molar-refractivity contribution < 1.29 is 14.3 Å². The maximum Gasteiger partial charge on any atom is 0.294 e. The third-order valence-electron chi connectivity index (χ3n) is 2.86. The predicted molar refractivity (Wildman–Crippen MR) is 77.4 cm³/mol. The van der Waals surface area contributed by atoms with Crippen LogP contribution in [-0.4, -0.2) is 55.8 Å². The summed E-state index contributed by atoms with van der Waals surface area (Å²) in [4.78, 5) is 17.9. The summed E-state index contributed by atoms with van der Waals surface area (Å²) >= 11 is 1.28. The minimum Gasteiger partial charge on any atom is -0.383 e. The Morgan fingerprint density at radius 1 is 1.55 bits per heavy atom. The molecule has 0 aliphatic rings. The molecule has 3 N–H and O–H groups in total. The zero-order valence-corrected chi connectivity index (χ0v) is 12.9. The number of carbonyl (C=O) groups is 1. The van der Waals surface area contributed by atoms with Crippen molar-refractivity contribution in [2.24, 2.45) is 5.84 Å². The van der Waals surface area contributed by atoms with E-state index in [0.717, 1.165) is 12.2 Å². The molecule has 0 bridgehead atoms. The van der Waals surface area contributed by atoms with Crippen LogP contribution in [0.3, 0.4) is 0 Å². The lowest BCUT2D eigenvalue weighted by Gasteiger charge is -2.27. The second-order valence-electron chi connectivity index (χ2n) is 4.39. The van der Waals surface area contributed by atoms with E-state index in [1.807, 2.05) is 5.38 Å². The summed E-state index contributed by atoms with van der Waals surface area (Å²) in [6.07, 6.45) is 0. The molecule has 8 heteroatoms. The summed E-state index contributed by atoms with van der Waals surface area (Å²) < 4.78 is 10.3. The summed E-state index contributed by atoms with van der Waals surface area (Å²) in [5.74, 6) is 4.73. The fourth-order valence-corrected chi connectivity index (χ4v) is 2.47. The van der Waals surface area contributed by atoms with Crippen LogP contribution < -0.4 is 11.3 Å². The monoisotopic (exact) mass is 302 g/mol. The van der Waals surface area contributed by atoms with Gasteiger partial charge in [0.1, 0.15) is 0 Å². The highest BCUT2D eigenvalue weighted by atomic mass is 32.1. The second kappa shape index (κ2) is 8.98. The Balaban J connectivity index is 2.67. The van der Waals surface area contributed by atoms with Crippen molar-refractivity contribution >= 4 is 17.2 Å². The van der Waals surface area contributed by atoms with Crippen LogP contribution >= 0.6 is 11.3 Å². The minimum atomic E-state index is -0.366. The number of nitrogen functional groups attached to an aromatic ring is 1. The highest BCUT2D eigenvalue weighted by Gasteiger charge is 2.17. The molecule has 1 heterocycles. The van der Waals surface area contributed by atoms with Gasteiger partial charge in [0.15, 0.2) is 5.01 Å². The molecule has 1 aromatic rings. The Labute approximate surface area is 123 Å². The van der Waals surface area contributed by atoms with Gasteiger partial charge in [-0.2, -0.15) is 0 Å². The van der Waals surface area contributed by atoms with E-state index in [4.69, 9.17) is 15.3 Å². The van der Waals surface area contributed by atoms with Gasteiger partial charge in [0, 0.05) is 38.7 Å². The van der Waals surface area contributed by atoms with E-state index >= 15 is 0 Å². The highest BCUT2D eigenvalue weighted by molar-refractivity contribution is 7.11. The molecule has 1 rings (SSSR count). The average Bonchev–Trinajstić information content (AvgIpc) is 2.91. The first kappa shape index (κ1) is 17.0. The van der Waals surface area contributed by atoms with Crippen LogP contribution in [0, 0.1) is 0 Å². The molecule has 1 unspecified atom stereocenters. The SMILES string of the molecule is COCCN(Cc1csc(C(=O)NN)n1)C(C)COC. The number of methoxy groups -OCH3 is 2. The molecule has 1 amide bonds. The van der Waals surface area contributed by atoms with E-state index in [1.165, 1.54) is 11.3 Å². The van der Waals surface area contributed by atoms with Gasteiger partial charge in [0.05, 0.1) is 18.9 Å². The van der Waals surface area contributed by atoms with E-state index < -0.39 is 0 Å². The van der Waals surface area contributed by atoms with E-state index in [2.05, 4.69) is 22.2 Å². The zero-order chi connectivity index (χ0) is 15.0. The number of hydrazine groups is 1. The largest absolute Gasteiger partial charge is 0.383 e. The zero-order valence-electron chi connectivity index (χ0n) is 12.1. The summed E-state index contributed by atoms with van der Waals surface area (Å²) in [5.41, 5.74) is 2.92. The number of nitrogens with two attached hydrogens (primary N) is 1. The average molecular weight is 302 g/mol. The first-order valence-corrected chi connectivity index (χ1v) is 7.17. The fourth-order valence-electron chi connectivity index (χ4n) is 1.76. The molecule has 0 saturated heterocycles. The number of hydrogen-bond acceptors (Lipinski definition) is 7. The molecule has 20 heavy (non-hydrogen) atoms. The van der Waals surface area contributed by atoms with Crippen LogP contribution in [0.1, 0.15) is 22.4 Å². The van der Waals surface area contributed by atoms with Crippen molar-refractivity contribution in [1.82, 2.24) is 15.3 Å². The molecule has 0 aromatic carbocycles. The van der Waals surface area contributed by atoms with E-state index in [0.29, 0.717) is 24.8 Å². The van der Waals surface area contributed by atoms with Gasteiger partial charge in [0.2, 0.25) is 0 Å². The normalized spacial score (nSPS) is 12.7. The number of carbonyl (C=O) groups excluding carboxylic acids is 1. The topological polar surface area (TPSA) is 89.7 Å². The molecular formula is C12H22N4O3S. The van der Waals surface area contributed by atoms with Crippen LogP contribution in [0.4, 0.5) is 0 Å². The van der Waals surface area contributed by atoms with E-state index in [1.54, 1.807) is 14.2 Å². The Morgan fingerprint density at radius 3 is 2.90 bits per heavy atom. The van der Waals surface area contributed by atoms with Crippen molar-refractivity contribution in [3.63, 3.8) is 0 Å². The van der Waals surface area contributed by atoms with Crippen molar-refractivity contribution in [2.45, 2.75) is 19.5 Å². The first-order valence-electron chi connectivity index (χ1n) is 6.29. The Hall–Kier alpha value is -1.06. The lowest BCUT2D eigenvalue weighted by Crippen LogP contribution is -2.38. The van der Waals surface area contributed by atoms with Gasteiger partial charge < -0.3 is 9.47 Å². The van der Waals surface area contributed by atoms with Crippen molar-refractivity contribution in [3.8, 4) is 0 Å². The maximum absolute atomic E-state index is 11.4. The highest BCUT2D eigenvalue weighted by Crippen LogP contribution is 2.13. The molecule has 0 aliphatic heterocycles. The first-order chi connectivity index (χ1) is 9.62. The van der Waals surface area contributed by atoms with E-state index in [9.17, 15) is 4.79 Å². The molecule has 1 aromatic heterocycles. The summed E-state index contributed by atoms with van der Waals surface area (Å²) in [7, 11) is 3.35. The molecule has 1 atom stereocenters.